The molecule has 1 saturated heterocycles. The Balaban J connectivity index is 2.01. The summed E-state index contributed by atoms with van der Waals surface area (Å²) in [5.74, 6) is -2.38. The smallest absolute Gasteiger partial charge is 0.338 e. The number of hydrogen-bond donors (Lipinski definition) is 1. The van der Waals surface area contributed by atoms with Gasteiger partial charge in [-0.05, 0) is 12.8 Å². The van der Waals surface area contributed by atoms with E-state index in [1.165, 1.54) is 0 Å². The van der Waals surface area contributed by atoms with Crippen molar-refractivity contribution in [2.45, 2.75) is 50.4 Å². The van der Waals surface area contributed by atoms with Gasteiger partial charge < -0.3 is 14.6 Å². The second kappa shape index (κ2) is 3.81. The van der Waals surface area contributed by atoms with Crippen LogP contribution in [0.1, 0.15) is 38.5 Å². The van der Waals surface area contributed by atoms with Gasteiger partial charge in [0.05, 0.1) is 6.42 Å². The lowest BCUT2D eigenvalue weighted by molar-refractivity contribution is -0.192. The molecule has 1 atom stereocenters. The van der Waals surface area contributed by atoms with Crippen LogP contribution in [0, 0.1) is 0 Å². The Morgan fingerprint density at radius 3 is 2.67 bits per heavy atom. The van der Waals surface area contributed by atoms with Crippen LogP contribution in [0.5, 0.6) is 0 Å². The van der Waals surface area contributed by atoms with Crippen LogP contribution in [0.25, 0.3) is 0 Å². The van der Waals surface area contributed by atoms with E-state index in [-0.39, 0.29) is 6.42 Å². The van der Waals surface area contributed by atoms with Gasteiger partial charge in [-0.3, -0.25) is 4.79 Å². The molecule has 1 N–H and O–H groups in total. The monoisotopic (exact) mass is 214 g/mol. The van der Waals surface area contributed by atoms with E-state index in [4.69, 9.17) is 14.6 Å². The third-order valence-corrected chi connectivity index (χ3v) is 2.88. The molecule has 2 fully saturated rings. The summed E-state index contributed by atoms with van der Waals surface area (Å²) in [6.07, 6.45) is 3.21. The number of hydrogen-bond acceptors (Lipinski definition) is 4. The van der Waals surface area contributed by atoms with Crippen LogP contribution in [0.4, 0.5) is 0 Å². The number of carboxylic acids is 1. The number of carbonyl (C=O) groups excluding carboxylic acids is 1. The molecule has 1 heterocycles. The summed E-state index contributed by atoms with van der Waals surface area (Å²) in [4.78, 5) is 21.9. The van der Waals surface area contributed by atoms with Gasteiger partial charge in [-0.15, -0.1) is 0 Å². The van der Waals surface area contributed by atoms with Crippen molar-refractivity contribution in [1.29, 1.82) is 0 Å². The van der Waals surface area contributed by atoms with Gasteiger partial charge in [0.2, 0.25) is 5.79 Å². The summed E-state index contributed by atoms with van der Waals surface area (Å²) in [6, 6.07) is 0. The molecule has 15 heavy (non-hydrogen) atoms. The maximum absolute atomic E-state index is 11.4. The van der Waals surface area contributed by atoms with Crippen molar-refractivity contribution in [1.82, 2.24) is 0 Å². The highest BCUT2D eigenvalue weighted by Crippen LogP contribution is 2.38. The molecule has 1 aliphatic heterocycles. The highest BCUT2D eigenvalue weighted by molar-refractivity contribution is 5.82. The lowest BCUT2D eigenvalue weighted by atomic mass is 9.94. The summed E-state index contributed by atoms with van der Waals surface area (Å²) in [6.45, 7) is 0. The quantitative estimate of drug-likeness (QED) is 0.696. The average molecular weight is 214 g/mol. The van der Waals surface area contributed by atoms with E-state index in [0.717, 1.165) is 19.3 Å². The summed E-state index contributed by atoms with van der Waals surface area (Å²) in [5.41, 5.74) is 0. The van der Waals surface area contributed by atoms with Gasteiger partial charge in [0.25, 0.3) is 0 Å². The molecule has 1 saturated carbocycles. The van der Waals surface area contributed by atoms with Crippen molar-refractivity contribution in [3.63, 3.8) is 0 Å². The van der Waals surface area contributed by atoms with E-state index in [1.807, 2.05) is 0 Å². The fourth-order valence-electron chi connectivity index (χ4n) is 2.17. The number of aliphatic carboxylic acids is 1. The summed E-state index contributed by atoms with van der Waals surface area (Å²) >= 11 is 0. The predicted octanol–water partition coefficient (Wildman–Crippen LogP) is 1.06. The van der Waals surface area contributed by atoms with Crippen LogP contribution >= 0.6 is 0 Å². The molecule has 0 aromatic carbocycles. The van der Waals surface area contributed by atoms with E-state index < -0.39 is 23.8 Å². The highest BCUT2D eigenvalue weighted by atomic mass is 16.8. The number of esters is 1. The maximum Gasteiger partial charge on any atom is 0.338 e. The van der Waals surface area contributed by atoms with Crippen LogP contribution in [-0.2, 0) is 19.1 Å². The molecule has 1 aliphatic carbocycles. The topological polar surface area (TPSA) is 72.8 Å². The largest absolute Gasteiger partial charge is 0.481 e. The molecule has 0 radical (unpaired) electrons. The van der Waals surface area contributed by atoms with E-state index in [2.05, 4.69) is 0 Å². The standard InChI is InChI=1S/C10H14O5/c11-8(12)6-7-9(13)15-10(14-7)4-2-1-3-5-10/h7H,1-6H2,(H,11,12)/t7-/m0/s1. The van der Waals surface area contributed by atoms with Crippen molar-refractivity contribution in [2.75, 3.05) is 0 Å². The van der Waals surface area contributed by atoms with Gasteiger partial charge in [-0.1, -0.05) is 6.42 Å². The lowest BCUT2D eigenvalue weighted by Crippen LogP contribution is -2.33. The van der Waals surface area contributed by atoms with Gasteiger partial charge in [0, 0.05) is 12.8 Å². The molecule has 0 amide bonds. The van der Waals surface area contributed by atoms with Gasteiger partial charge in [-0.25, -0.2) is 4.79 Å². The number of rotatable bonds is 2. The molecule has 2 aliphatic rings. The van der Waals surface area contributed by atoms with E-state index >= 15 is 0 Å². The molecular formula is C10H14O5. The fraction of sp³-hybridized carbons (Fsp3) is 0.800. The Bertz CT molecular complexity index is 280. The zero-order valence-corrected chi connectivity index (χ0v) is 8.40. The van der Waals surface area contributed by atoms with Gasteiger partial charge >= 0.3 is 11.9 Å². The van der Waals surface area contributed by atoms with E-state index in [9.17, 15) is 9.59 Å². The molecule has 5 nitrogen and oxygen atoms in total. The lowest BCUT2D eigenvalue weighted by Gasteiger charge is -2.30. The first-order valence-corrected chi connectivity index (χ1v) is 5.24. The second-order valence-corrected chi connectivity index (χ2v) is 4.10. The molecule has 0 bridgehead atoms. The number of ether oxygens (including phenoxy) is 2. The summed E-state index contributed by atoms with van der Waals surface area (Å²) in [5, 5.41) is 8.59. The Hall–Kier alpha value is -1.10. The molecule has 0 unspecified atom stereocenters. The Morgan fingerprint density at radius 2 is 2.07 bits per heavy atom. The zero-order chi connectivity index (χ0) is 10.9. The van der Waals surface area contributed by atoms with Gasteiger partial charge in [0.15, 0.2) is 6.10 Å². The average Bonchev–Trinajstić information content (AvgIpc) is 2.43. The zero-order valence-electron chi connectivity index (χ0n) is 8.40. The van der Waals surface area contributed by atoms with E-state index in [0.29, 0.717) is 12.8 Å². The van der Waals surface area contributed by atoms with Crippen molar-refractivity contribution < 1.29 is 24.2 Å². The summed E-state index contributed by atoms with van der Waals surface area (Å²) in [7, 11) is 0. The fourth-order valence-corrected chi connectivity index (χ4v) is 2.17. The van der Waals surface area contributed by atoms with E-state index in [1.54, 1.807) is 0 Å². The molecule has 2 rings (SSSR count). The second-order valence-electron chi connectivity index (χ2n) is 4.10. The minimum atomic E-state index is -1.04. The Labute approximate surface area is 87.4 Å². The van der Waals surface area contributed by atoms with Crippen molar-refractivity contribution in [2.24, 2.45) is 0 Å². The first-order valence-electron chi connectivity index (χ1n) is 5.24. The van der Waals surface area contributed by atoms with Crippen LogP contribution in [-0.4, -0.2) is 28.9 Å². The predicted molar refractivity (Wildman–Crippen MR) is 49.0 cm³/mol. The van der Waals surface area contributed by atoms with Crippen molar-refractivity contribution >= 4 is 11.9 Å². The molecule has 0 aromatic heterocycles. The number of carbonyl (C=O) groups is 2. The molecule has 0 aromatic rings. The van der Waals surface area contributed by atoms with Crippen LogP contribution in [0.3, 0.4) is 0 Å². The van der Waals surface area contributed by atoms with Gasteiger partial charge in [-0.2, -0.15) is 0 Å². The van der Waals surface area contributed by atoms with Crippen molar-refractivity contribution in [3.8, 4) is 0 Å². The third kappa shape index (κ3) is 2.12. The normalized spacial score (nSPS) is 29.1. The van der Waals surface area contributed by atoms with Crippen LogP contribution < -0.4 is 0 Å². The summed E-state index contributed by atoms with van der Waals surface area (Å²) < 4.78 is 10.6. The van der Waals surface area contributed by atoms with Gasteiger partial charge in [0.1, 0.15) is 0 Å². The minimum Gasteiger partial charge on any atom is -0.481 e. The molecule has 5 heteroatoms. The first-order chi connectivity index (χ1) is 7.11. The maximum atomic E-state index is 11.4. The SMILES string of the molecule is O=C(O)C[C@@H]1OC2(CCCCC2)OC1=O. The number of carboxylic acid groups (broad SMARTS) is 1. The Kier molecular flexibility index (Phi) is 2.65. The minimum absolute atomic E-state index is 0.305. The first kappa shape index (κ1) is 10.4. The Morgan fingerprint density at radius 1 is 1.40 bits per heavy atom. The third-order valence-electron chi connectivity index (χ3n) is 2.88. The molecule has 84 valence electrons. The van der Waals surface area contributed by atoms with Crippen LogP contribution in [0.2, 0.25) is 0 Å². The highest BCUT2D eigenvalue weighted by Gasteiger charge is 2.48. The molecule has 1 spiro atoms. The van der Waals surface area contributed by atoms with Crippen LogP contribution in [0.15, 0.2) is 0 Å². The van der Waals surface area contributed by atoms with Crippen molar-refractivity contribution in [3.05, 3.63) is 0 Å². The molecular weight excluding hydrogens is 200 g/mol.